The maximum absolute atomic E-state index is 12.3. The van der Waals surface area contributed by atoms with Crippen LogP contribution in [-0.2, 0) is 16.0 Å². The van der Waals surface area contributed by atoms with E-state index in [4.69, 9.17) is 9.47 Å². The summed E-state index contributed by atoms with van der Waals surface area (Å²) in [6.45, 7) is 1.49. The highest BCUT2D eigenvalue weighted by molar-refractivity contribution is 8.01. The van der Waals surface area contributed by atoms with E-state index < -0.39 is 0 Å². The standard InChI is InChI=1S/C22H22N4O5S2/c1-13(27)15-5-7-16(8-6-15)23-20(29)12-32-22-26-25-21(33-22)24-19(28)11-14-4-9-17(30-2)18(10-14)31-3/h4-10H,11-12H2,1-3H3,(H,23,29)(H,24,25,28). The zero-order valence-corrected chi connectivity index (χ0v) is 19.8. The van der Waals surface area contributed by atoms with Gasteiger partial charge in [0.05, 0.1) is 26.4 Å². The summed E-state index contributed by atoms with van der Waals surface area (Å²) in [5, 5.41) is 13.8. The molecule has 3 aromatic rings. The van der Waals surface area contributed by atoms with Gasteiger partial charge < -0.3 is 20.1 Å². The minimum absolute atomic E-state index is 0.0358. The highest BCUT2D eigenvalue weighted by Crippen LogP contribution is 2.28. The molecule has 0 fully saturated rings. The Morgan fingerprint density at radius 2 is 1.67 bits per heavy atom. The topological polar surface area (TPSA) is 120 Å². The fourth-order valence-corrected chi connectivity index (χ4v) is 4.34. The predicted octanol–water partition coefficient (Wildman–Crippen LogP) is 3.67. The molecule has 0 radical (unpaired) electrons. The highest BCUT2D eigenvalue weighted by atomic mass is 32.2. The summed E-state index contributed by atoms with van der Waals surface area (Å²) in [5.41, 5.74) is 1.94. The number of methoxy groups -OCH3 is 2. The van der Waals surface area contributed by atoms with Crippen LogP contribution in [0.25, 0.3) is 0 Å². The molecule has 9 nitrogen and oxygen atoms in total. The van der Waals surface area contributed by atoms with Gasteiger partial charge in [0.15, 0.2) is 21.6 Å². The van der Waals surface area contributed by atoms with Crippen molar-refractivity contribution >= 4 is 51.5 Å². The molecule has 0 saturated heterocycles. The number of nitrogens with one attached hydrogen (secondary N) is 2. The number of benzene rings is 2. The maximum atomic E-state index is 12.3. The highest BCUT2D eigenvalue weighted by Gasteiger charge is 2.13. The van der Waals surface area contributed by atoms with Crippen molar-refractivity contribution in [1.82, 2.24) is 10.2 Å². The third-order valence-electron chi connectivity index (χ3n) is 4.37. The molecule has 0 atom stereocenters. The molecule has 0 saturated carbocycles. The van der Waals surface area contributed by atoms with Gasteiger partial charge in [-0.1, -0.05) is 29.2 Å². The smallest absolute Gasteiger partial charge is 0.234 e. The lowest BCUT2D eigenvalue weighted by molar-refractivity contribution is -0.115. The van der Waals surface area contributed by atoms with Gasteiger partial charge in [-0.2, -0.15) is 0 Å². The normalized spacial score (nSPS) is 10.4. The number of thioether (sulfide) groups is 1. The number of hydrogen-bond donors (Lipinski definition) is 2. The minimum Gasteiger partial charge on any atom is -0.493 e. The molecule has 3 rings (SSSR count). The Hall–Kier alpha value is -3.44. The van der Waals surface area contributed by atoms with Crippen LogP contribution in [0.4, 0.5) is 10.8 Å². The van der Waals surface area contributed by atoms with Crippen molar-refractivity contribution in [1.29, 1.82) is 0 Å². The Kier molecular flexibility index (Phi) is 8.39. The number of rotatable bonds is 10. The Morgan fingerprint density at radius 1 is 0.939 bits per heavy atom. The lowest BCUT2D eigenvalue weighted by Gasteiger charge is -2.09. The zero-order valence-electron chi connectivity index (χ0n) is 18.2. The maximum Gasteiger partial charge on any atom is 0.234 e. The molecule has 2 amide bonds. The van der Waals surface area contributed by atoms with Crippen LogP contribution in [0.15, 0.2) is 46.8 Å². The monoisotopic (exact) mass is 486 g/mol. The van der Waals surface area contributed by atoms with Gasteiger partial charge in [0.2, 0.25) is 16.9 Å². The van der Waals surface area contributed by atoms with E-state index in [0.29, 0.717) is 32.2 Å². The van der Waals surface area contributed by atoms with E-state index in [1.807, 2.05) is 0 Å². The second kappa shape index (κ2) is 11.4. The Labute approximate surface area is 198 Å². The van der Waals surface area contributed by atoms with Gasteiger partial charge in [-0.3, -0.25) is 14.4 Å². The third kappa shape index (κ3) is 7.02. The van der Waals surface area contributed by atoms with Crippen molar-refractivity contribution < 1.29 is 23.9 Å². The summed E-state index contributed by atoms with van der Waals surface area (Å²) >= 11 is 2.40. The Morgan fingerprint density at radius 3 is 2.33 bits per heavy atom. The van der Waals surface area contributed by atoms with E-state index in [9.17, 15) is 14.4 Å². The van der Waals surface area contributed by atoms with Gasteiger partial charge in [-0.15, -0.1) is 10.2 Å². The number of carbonyl (C=O) groups is 3. The average Bonchev–Trinajstić information content (AvgIpc) is 3.25. The molecule has 0 aliphatic rings. The minimum atomic E-state index is -0.248. The summed E-state index contributed by atoms with van der Waals surface area (Å²) in [5.74, 6) is 0.760. The fourth-order valence-electron chi connectivity index (χ4n) is 2.77. The van der Waals surface area contributed by atoms with Crippen molar-refractivity contribution in [3.63, 3.8) is 0 Å². The first kappa shape index (κ1) is 24.2. The summed E-state index contributed by atoms with van der Waals surface area (Å²) in [6.07, 6.45) is 0.132. The molecule has 0 bridgehead atoms. The average molecular weight is 487 g/mol. The first-order valence-electron chi connectivity index (χ1n) is 9.76. The number of ketones is 1. The first-order valence-corrected chi connectivity index (χ1v) is 11.6. The summed E-state index contributed by atoms with van der Waals surface area (Å²) in [7, 11) is 3.08. The number of hydrogen-bond acceptors (Lipinski definition) is 9. The van der Waals surface area contributed by atoms with Gasteiger partial charge in [0, 0.05) is 11.3 Å². The van der Waals surface area contributed by atoms with E-state index in [1.165, 1.54) is 37.1 Å². The molecule has 33 heavy (non-hydrogen) atoms. The van der Waals surface area contributed by atoms with Crippen molar-refractivity contribution in [2.75, 3.05) is 30.6 Å². The molecule has 0 aliphatic heterocycles. The van der Waals surface area contributed by atoms with Crippen molar-refractivity contribution in [2.45, 2.75) is 17.7 Å². The molecular formula is C22H22N4O5S2. The molecule has 2 aromatic carbocycles. The molecule has 0 spiro atoms. The van der Waals surface area contributed by atoms with Crippen molar-refractivity contribution in [3.05, 3.63) is 53.6 Å². The van der Waals surface area contributed by atoms with Gasteiger partial charge in [0.1, 0.15) is 0 Å². The summed E-state index contributed by atoms with van der Waals surface area (Å²) in [6, 6.07) is 11.9. The van der Waals surface area contributed by atoms with Crippen LogP contribution in [0.2, 0.25) is 0 Å². The summed E-state index contributed by atoms with van der Waals surface area (Å²) < 4.78 is 11.0. The van der Waals surface area contributed by atoms with Crippen LogP contribution < -0.4 is 20.1 Å². The van der Waals surface area contributed by atoms with Crippen molar-refractivity contribution in [2.24, 2.45) is 0 Å². The molecular weight excluding hydrogens is 464 g/mol. The van der Waals surface area contributed by atoms with Crippen molar-refractivity contribution in [3.8, 4) is 11.5 Å². The van der Waals surface area contributed by atoms with E-state index in [1.54, 1.807) is 49.6 Å². The van der Waals surface area contributed by atoms with Crippen LogP contribution in [0.3, 0.4) is 0 Å². The predicted molar refractivity (Wildman–Crippen MR) is 128 cm³/mol. The lowest BCUT2D eigenvalue weighted by Crippen LogP contribution is -2.14. The number of Topliss-reactive ketones (excluding diaryl/α,β-unsaturated/α-hetero) is 1. The van der Waals surface area contributed by atoms with Crippen LogP contribution in [0, 0.1) is 0 Å². The molecule has 11 heteroatoms. The van der Waals surface area contributed by atoms with E-state index in [-0.39, 0.29) is 29.8 Å². The molecule has 2 N–H and O–H groups in total. The number of ether oxygens (including phenoxy) is 2. The molecule has 0 aliphatic carbocycles. The fraction of sp³-hybridized carbons (Fsp3) is 0.227. The van der Waals surface area contributed by atoms with E-state index in [2.05, 4.69) is 20.8 Å². The zero-order chi connectivity index (χ0) is 23.8. The van der Waals surface area contributed by atoms with Gasteiger partial charge >= 0.3 is 0 Å². The van der Waals surface area contributed by atoms with Gasteiger partial charge in [-0.25, -0.2) is 0 Å². The Bertz CT molecular complexity index is 1150. The number of anilines is 2. The third-order valence-corrected chi connectivity index (χ3v) is 6.34. The second-order valence-corrected chi connectivity index (χ2v) is 8.96. The molecule has 172 valence electrons. The molecule has 1 aromatic heterocycles. The number of amides is 2. The van der Waals surface area contributed by atoms with Crippen LogP contribution in [-0.4, -0.2) is 47.8 Å². The van der Waals surface area contributed by atoms with Crippen LogP contribution >= 0.6 is 23.1 Å². The van der Waals surface area contributed by atoms with Crippen LogP contribution in [0.1, 0.15) is 22.8 Å². The Balaban J connectivity index is 1.48. The van der Waals surface area contributed by atoms with Gasteiger partial charge in [0.25, 0.3) is 0 Å². The number of carbonyl (C=O) groups excluding carboxylic acids is 3. The molecule has 0 unspecified atom stereocenters. The van der Waals surface area contributed by atoms with E-state index >= 15 is 0 Å². The quantitative estimate of drug-likeness (QED) is 0.253. The SMILES string of the molecule is COc1ccc(CC(=O)Nc2nnc(SCC(=O)Nc3ccc(C(C)=O)cc3)s2)cc1OC. The lowest BCUT2D eigenvalue weighted by atomic mass is 10.1. The van der Waals surface area contributed by atoms with Gasteiger partial charge in [-0.05, 0) is 48.9 Å². The molecule has 1 heterocycles. The van der Waals surface area contributed by atoms with E-state index in [0.717, 1.165) is 5.56 Å². The van der Waals surface area contributed by atoms with Crippen LogP contribution in [0.5, 0.6) is 11.5 Å². The largest absolute Gasteiger partial charge is 0.493 e. The first-order chi connectivity index (χ1) is 15.9. The summed E-state index contributed by atoms with van der Waals surface area (Å²) in [4.78, 5) is 35.8. The number of aromatic nitrogens is 2. The number of nitrogens with zero attached hydrogens (tertiary/aromatic N) is 2. The second-order valence-electron chi connectivity index (χ2n) is 6.76.